The molecule has 0 unspecified atom stereocenters. The van der Waals surface area contributed by atoms with E-state index in [1.165, 1.54) is 6.07 Å². The third kappa shape index (κ3) is 3.03. The number of hydrogen-bond acceptors (Lipinski definition) is 3. The van der Waals surface area contributed by atoms with E-state index in [2.05, 4.69) is 0 Å². The van der Waals surface area contributed by atoms with Gasteiger partial charge in [0.05, 0.1) is 4.92 Å². The monoisotopic (exact) mass is 289 g/mol. The number of benzene rings is 2. The summed E-state index contributed by atoms with van der Waals surface area (Å²) in [6, 6.07) is 11.3. The van der Waals surface area contributed by atoms with Crippen molar-refractivity contribution >= 4 is 23.1 Å². The van der Waals surface area contributed by atoms with Gasteiger partial charge < -0.3 is 0 Å². The second kappa shape index (κ2) is 5.84. The van der Waals surface area contributed by atoms with Gasteiger partial charge in [0.25, 0.3) is 5.69 Å². The standard InChI is InChI=1S/C15H12ClNO3/c1-10-6-7-12(8-13(10)16)15(18)9-11-4-2-3-5-14(11)17(19)20/h2-8H,9H2,1H3. The molecule has 0 bridgehead atoms. The molecule has 2 aromatic rings. The number of carbonyl (C=O) groups is 1. The predicted molar refractivity (Wildman–Crippen MR) is 77.3 cm³/mol. The average Bonchev–Trinajstić information content (AvgIpc) is 2.42. The number of para-hydroxylation sites is 1. The van der Waals surface area contributed by atoms with Crippen LogP contribution in [0.1, 0.15) is 21.5 Å². The topological polar surface area (TPSA) is 60.2 Å². The molecule has 0 aliphatic heterocycles. The van der Waals surface area contributed by atoms with Gasteiger partial charge in [-0.1, -0.05) is 41.9 Å². The number of halogens is 1. The first-order valence-corrected chi connectivity index (χ1v) is 6.38. The van der Waals surface area contributed by atoms with Crippen LogP contribution in [0, 0.1) is 17.0 Å². The third-order valence-corrected chi connectivity index (χ3v) is 3.44. The smallest absolute Gasteiger partial charge is 0.273 e. The van der Waals surface area contributed by atoms with E-state index in [1.54, 1.807) is 36.4 Å². The SMILES string of the molecule is Cc1ccc(C(=O)Cc2ccccc2[N+](=O)[O-])cc1Cl. The van der Waals surface area contributed by atoms with Crippen LogP contribution < -0.4 is 0 Å². The van der Waals surface area contributed by atoms with Gasteiger partial charge in [-0.15, -0.1) is 0 Å². The van der Waals surface area contributed by atoms with E-state index in [9.17, 15) is 14.9 Å². The van der Waals surface area contributed by atoms with Crippen molar-refractivity contribution in [3.63, 3.8) is 0 Å². The van der Waals surface area contributed by atoms with Crippen molar-refractivity contribution < 1.29 is 9.72 Å². The number of hydrogen-bond donors (Lipinski definition) is 0. The minimum absolute atomic E-state index is 0.0173. The number of carbonyl (C=O) groups excluding carboxylic acids is 1. The van der Waals surface area contributed by atoms with Gasteiger partial charge in [0.1, 0.15) is 0 Å². The van der Waals surface area contributed by atoms with Gasteiger partial charge in [-0.3, -0.25) is 14.9 Å². The first kappa shape index (κ1) is 14.2. The summed E-state index contributed by atoms with van der Waals surface area (Å²) in [6.45, 7) is 1.85. The minimum atomic E-state index is -0.481. The Morgan fingerprint density at radius 1 is 1.25 bits per heavy atom. The van der Waals surface area contributed by atoms with Crippen molar-refractivity contribution in [2.75, 3.05) is 0 Å². The van der Waals surface area contributed by atoms with Crippen LogP contribution in [0.5, 0.6) is 0 Å². The maximum Gasteiger partial charge on any atom is 0.273 e. The molecule has 0 aliphatic carbocycles. The fraction of sp³-hybridized carbons (Fsp3) is 0.133. The molecule has 0 amide bonds. The van der Waals surface area contributed by atoms with Gasteiger partial charge in [0.15, 0.2) is 5.78 Å². The molecule has 0 spiro atoms. The zero-order chi connectivity index (χ0) is 14.7. The van der Waals surface area contributed by atoms with Crippen LogP contribution in [0.4, 0.5) is 5.69 Å². The van der Waals surface area contributed by atoms with Gasteiger partial charge >= 0.3 is 0 Å². The molecule has 0 aliphatic rings. The van der Waals surface area contributed by atoms with Crippen LogP contribution in [0.25, 0.3) is 0 Å². The Morgan fingerprint density at radius 3 is 2.60 bits per heavy atom. The Labute approximate surface area is 121 Å². The predicted octanol–water partition coefficient (Wildman–Crippen LogP) is 3.98. The van der Waals surface area contributed by atoms with E-state index < -0.39 is 4.92 Å². The second-order valence-electron chi connectivity index (χ2n) is 4.45. The van der Waals surface area contributed by atoms with Crippen LogP contribution in [-0.2, 0) is 6.42 Å². The Morgan fingerprint density at radius 2 is 1.95 bits per heavy atom. The van der Waals surface area contributed by atoms with E-state index in [-0.39, 0.29) is 17.9 Å². The van der Waals surface area contributed by atoms with E-state index in [4.69, 9.17) is 11.6 Å². The zero-order valence-electron chi connectivity index (χ0n) is 10.8. The molecule has 5 heteroatoms. The van der Waals surface area contributed by atoms with Gasteiger partial charge in [-0.05, 0) is 18.6 Å². The first-order valence-electron chi connectivity index (χ1n) is 6.00. The van der Waals surface area contributed by atoms with Gasteiger partial charge in [-0.25, -0.2) is 0 Å². The Bertz CT molecular complexity index is 683. The van der Waals surface area contributed by atoms with Crippen LogP contribution in [0.2, 0.25) is 5.02 Å². The molecule has 0 saturated heterocycles. The second-order valence-corrected chi connectivity index (χ2v) is 4.86. The number of ketones is 1. The number of nitro groups is 1. The fourth-order valence-electron chi connectivity index (χ4n) is 1.88. The molecule has 102 valence electrons. The third-order valence-electron chi connectivity index (χ3n) is 3.03. The number of aryl methyl sites for hydroxylation is 1. The van der Waals surface area contributed by atoms with Crippen molar-refractivity contribution in [3.8, 4) is 0 Å². The summed E-state index contributed by atoms with van der Waals surface area (Å²) in [5.74, 6) is -0.193. The lowest BCUT2D eigenvalue weighted by molar-refractivity contribution is -0.385. The summed E-state index contributed by atoms with van der Waals surface area (Å²) in [4.78, 5) is 22.6. The molecule has 0 radical (unpaired) electrons. The van der Waals surface area contributed by atoms with Crippen LogP contribution in [-0.4, -0.2) is 10.7 Å². The number of rotatable bonds is 4. The number of nitrogens with zero attached hydrogens (tertiary/aromatic N) is 1. The summed E-state index contributed by atoms with van der Waals surface area (Å²) in [5, 5.41) is 11.4. The quantitative estimate of drug-likeness (QED) is 0.486. The molecule has 0 atom stereocenters. The lowest BCUT2D eigenvalue weighted by Gasteiger charge is -2.04. The summed E-state index contributed by atoms with van der Waals surface area (Å²) in [5.41, 5.74) is 1.70. The molecule has 20 heavy (non-hydrogen) atoms. The highest BCUT2D eigenvalue weighted by Crippen LogP contribution is 2.22. The molecule has 4 nitrogen and oxygen atoms in total. The van der Waals surface area contributed by atoms with Gasteiger partial charge in [-0.2, -0.15) is 0 Å². The first-order chi connectivity index (χ1) is 9.49. The molecular weight excluding hydrogens is 278 g/mol. The largest absolute Gasteiger partial charge is 0.294 e. The van der Waals surface area contributed by atoms with Crippen LogP contribution >= 0.6 is 11.6 Å². The van der Waals surface area contributed by atoms with E-state index in [0.717, 1.165) is 5.56 Å². The van der Waals surface area contributed by atoms with E-state index >= 15 is 0 Å². The zero-order valence-corrected chi connectivity index (χ0v) is 11.6. The van der Waals surface area contributed by atoms with Crippen molar-refractivity contribution in [2.24, 2.45) is 0 Å². The summed E-state index contributed by atoms with van der Waals surface area (Å²) in [6.07, 6.45) is -0.0173. The normalized spacial score (nSPS) is 10.3. The highest BCUT2D eigenvalue weighted by Gasteiger charge is 2.16. The molecule has 0 heterocycles. The van der Waals surface area contributed by atoms with E-state index in [0.29, 0.717) is 16.1 Å². The van der Waals surface area contributed by atoms with Gasteiger partial charge in [0.2, 0.25) is 0 Å². The highest BCUT2D eigenvalue weighted by molar-refractivity contribution is 6.31. The average molecular weight is 290 g/mol. The van der Waals surface area contributed by atoms with E-state index in [1.807, 2.05) is 6.92 Å². The lowest BCUT2D eigenvalue weighted by Crippen LogP contribution is -2.06. The highest BCUT2D eigenvalue weighted by atomic mass is 35.5. The van der Waals surface area contributed by atoms with Gasteiger partial charge in [0, 0.05) is 28.6 Å². The molecule has 0 aromatic heterocycles. The molecule has 2 aromatic carbocycles. The summed E-state index contributed by atoms with van der Waals surface area (Å²) >= 11 is 5.98. The number of nitro benzene ring substituents is 1. The lowest BCUT2D eigenvalue weighted by atomic mass is 10.0. The maximum absolute atomic E-state index is 12.2. The Balaban J connectivity index is 2.28. The van der Waals surface area contributed by atoms with Crippen molar-refractivity contribution in [3.05, 3.63) is 74.3 Å². The molecule has 0 fully saturated rings. The fourth-order valence-corrected chi connectivity index (χ4v) is 2.06. The maximum atomic E-state index is 12.2. The molecule has 0 N–H and O–H groups in total. The van der Waals surface area contributed by atoms with Crippen molar-refractivity contribution in [1.29, 1.82) is 0 Å². The molecule has 2 rings (SSSR count). The summed E-state index contributed by atoms with van der Waals surface area (Å²) in [7, 11) is 0. The number of Topliss-reactive ketones (excluding diaryl/α,β-unsaturated/α-hetero) is 1. The van der Waals surface area contributed by atoms with Crippen LogP contribution in [0.15, 0.2) is 42.5 Å². The Kier molecular flexibility index (Phi) is 4.15. The van der Waals surface area contributed by atoms with Crippen molar-refractivity contribution in [2.45, 2.75) is 13.3 Å². The molecular formula is C15H12ClNO3. The molecule has 0 saturated carbocycles. The van der Waals surface area contributed by atoms with Crippen molar-refractivity contribution in [1.82, 2.24) is 0 Å². The van der Waals surface area contributed by atoms with Crippen LogP contribution in [0.3, 0.4) is 0 Å². The minimum Gasteiger partial charge on any atom is -0.294 e. The summed E-state index contributed by atoms with van der Waals surface area (Å²) < 4.78 is 0. The Hall–Kier alpha value is -2.20.